The summed E-state index contributed by atoms with van der Waals surface area (Å²) in [5.41, 5.74) is 1.36. The Kier molecular flexibility index (Phi) is 6.91. The van der Waals surface area contributed by atoms with E-state index in [9.17, 15) is 13.0 Å². The normalized spacial score (nSPS) is 12.5. The molecular formula is C23H24NO4PS. The lowest BCUT2D eigenvalue weighted by Crippen LogP contribution is -2.22. The zero-order valence-corrected chi connectivity index (χ0v) is 18.6. The van der Waals surface area contributed by atoms with Gasteiger partial charge in [0.25, 0.3) is 0 Å². The maximum atomic E-state index is 14.1. The standard InChI is InChI=1S/C23H24NO4PS/c1-3-20(24-28-30(26,27)23-16-14-19(2)15-17-23)18-29(25,21-10-6-4-7-11-21)22-12-8-5-9-13-22/h4-17H,3,18H2,1-2H3/b24-20+. The van der Waals surface area contributed by atoms with E-state index in [0.717, 1.165) is 5.56 Å². The van der Waals surface area contributed by atoms with Gasteiger partial charge in [0.15, 0.2) is 0 Å². The summed E-state index contributed by atoms with van der Waals surface area (Å²) in [4.78, 5) is 0.0293. The van der Waals surface area contributed by atoms with E-state index >= 15 is 0 Å². The van der Waals surface area contributed by atoms with E-state index in [1.165, 1.54) is 12.1 Å². The minimum absolute atomic E-state index is 0.0293. The zero-order valence-electron chi connectivity index (χ0n) is 16.9. The van der Waals surface area contributed by atoms with Gasteiger partial charge in [-0.05, 0) is 25.5 Å². The van der Waals surface area contributed by atoms with Gasteiger partial charge in [-0.1, -0.05) is 90.4 Å². The van der Waals surface area contributed by atoms with E-state index in [0.29, 0.717) is 22.7 Å². The summed E-state index contributed by atoms with van der Waals surface area (Å²) in [5.74, 6) is 0. The smallest absolute Gasteiger partial charge is 0.313 e. The van der Waals surface area contributed by atoms with Crippen LogP contribution in [0.2, 0.25) is 0 Å². The first-order valence-electron chi connectivity index (χ1n) is 9.61. The van der Waals surface area contributed by atoms with Crippen LogP contribution in [0.25, 0.3) is 0 Å². The van der Waals surface area contributed by atoms with Crippen molar-refractivity contribution in [3.05, 3.63) is 90.5 Å². The number of benzene rings is 3. The van der Waals surface area contributed by atoms with Crippen LogP contribution in [0.15, 0.2) is 95.0 Å². The Balaban J connectivity index is 1.93. The second-order valence-corrected chi connectivity index (χ2v) is 11.3. The summed E-state index contributed by atoms with van der Waals surface area (Å²) >= 11 is 0. The van der Waals surface area contributed by atoms with Crippen molar-refractivity contribution in [3.8, 4) is 0 Å². The highest BCUT2D eigenvalue weighted by molar-refractivity contribution is 7.86. The minimum Gasteiger partial charge on any atom is -0.313 e. The predicted molar refractivity (Wildman–Crippen MR) is 122 cm³/mol. The van der Waals surface area contributed by atoms with Gasteiger partial charge < -0.3 is 4.57 Å². The fourth-order valence-corrected chi connectivity index (χ4v) is 6.51. The lowest BCUT2D eigenvalue weighted by molar-refractivity contribution is 0.337. The molecule has 0 radical (unpaired) electrons. The molecule has 0 unspecified atom stereocenters. The molecule has 0 aliphatic rings. The van der Waals surface area contributed by atoms with Gasteiger partial charge in [-0.2, -0.15) is 8.42 Å². The molecule has 0 aliphatic heterocycles. The van der Waals surface area contributed by atoms with Crippen molar-refractivity contribution in [1.82, 2.24) is 0 Å². The monoisotopic (exact) mass is 441 g/mol. The molecule has 0 atom stereocenters. The van der Waals surface area contributed by atoms with Gasteiger partial charge in [0.05, 0.1) is 11.9 Å². The minimum atomic E-state index is -4.04. The highest BCUT2D eigenvalue weighted by atomic mass is 32.2. The molecule has 3 aromatic rings. The van der Waals surface area contributed by atoms with Crippen molar-refractivity contribution in [2.75, 3.05) is 6.16 Å². The maximum Gasteiger partial charge on any atom is 0.358 e. The first-order chi connectivity index (χ1) is 14.3. The summed E-state index contributed by atoms with van der Waals surface area (Å²) in [7, 11) is -7.11. The van der Waals surface area contributed by atoms with Gasteiger partial charge in [-0.25, -0.2) is 0 Å². The van der Waals surface area contributed by atoms with Crippen LogP contribution >= 0.6 is 7.14 Å². The molecule has 0 aliphatic carbocycles. The Morgan fingerprint density at radius 1 is 0.867 bits per heavy atom. The quantitative estimate of drug-likeness (QED) is 0.294. The molecule has 156 valence electrons. The number of oxime groups is 1. The molecule has 5 nitrogen and oxygen atoms in total. The molecule has 0 fully saturated rings. The Morgan fingerprint density at radius 3 is 1.83 bits per heavy atom. The first kappa shape index (κ1) is 22.0. The van der Waals surface area contributed by atoms with Crippen molar-refractivity contribution in [2.24, 2.45) is 5.16 Å². The molecule has 3 rings (SSSR count). The largest absolute Gasteiger partial charge is 0.358 e. The van der Waals surface area contributed by atoms with E-state index in [2.05, 4.69) is 5.16 Å². The molecule has 30 heavy (non-hydrogen) atoms. The zero-order chi connectivity index (χ0) is 21.6. The molecular weight excluding hydrogens is 417 g/mol. The van der Waals surface area contributed by atoms with Crippen LogP contribution in [0.5, 0.6) is 0 Å². The maximum absolute atomic E-state index is 14.1. The third-order valence-corrected chi connectivity index (χ3v) is 8.93. The molecule has 0 saturated heterocycles. The number of rotatable bonds is 8. The Hall–Kier alpha value is -2.69. The highest BCUT2D eigenvalue weighted by Gasteiger charge is 2.29. The Morgan fingerprint density at radius 2 is 1.37 bits per heavy atom. The van der Waals surface area contributed by atoms with E-state index in [-0.39, 0.29) is 11.1 Å². The van der Waals surface area contributed by atoms with Gasteiger partial charge in [-0.3, -0.25) is 4.28 Å². The van der Waals surface area contributed by atoms with Crippen LogP contribution in [0.1, 0.15) is 18.9 Å². The van der Waals surface area contributed by atoms with E-state index < -0.39 is 17.3 Å². The first-order valence-corrected chi connectivity index (χ1v) is 12.9. The fraction of sp³-hybridized carbons (Fsp3) is 0.174. The van der Waals surface area contributed by atoms with Crippen LogP contribution in [0.4, 0.5) is 0 Å². The summed E-state index contributed by atoms with van der Waals surface area (Å²) in [6.45, 7) is 3.70. The molecule has 0 bridgehead atoms. The number of hydrogen-bond donors (Lipinski definition) is 0. The molecule has 3 aromatic carbocycles. The van der Waals surface area contributed by atoms with Crippen LogP contribution in [0.3, 0.4) is 0 Å². The van der Waals surface area contributed by atoms with E-state index in [4.69, 9.17) is 4.28 Å². The van der Waals surface area contributed by atoms with Gasteiger partial charge in [-0.15, -0.1) is 0 Å². The van der Waals surface area contributed by atoms with Gasteiger partial charge in [0.2, 0.25) is 0 Å². The molecule has 0 heterocycles. The van der Waals surface area contributed by atoms with Crippen LogP contribution in [-0.4, -0.2) is 20.3 Å². The summed E-state index contributed by atoms with van der Waals surface area (Å²) in [6.07, 6.45) is 0.508. The molecule has 7 heteroatoms. The van der Waals surface area contributed by atoms with Gasteiger partial charge >= 0.3 is 10.1 Å². The molecule has 0 aromatic heterocycles. The second-order valence-electron chi connectivity index (χ2n) is 6.92. The third kappa shape index (κ3) is 5.07. The molecule has 0 saturated carbocycles. The van der Waals surface area contributed by atoms with Crippen molar-refractivity contribution in [3.63, 3.8) is 0 Å². The van der Waals surface area contributed by atoms with E-state index in [1.807, 2.05) is 74.5 Å². The molecule has 0 spiro atoms. The number of hydrogen-bond acceptors (Lipinski definition) is 5. The molecule has 0 N–H and O–H groups in total. The van der Waals surface area contributed by atoms with Crippen molar-refractivity contribution in [2.45, 2.75) is 25.2 Å². The van der Waals surface area contributed by atoms with Crippen molar-refractivity contribution in [1.29, 1.82) is 0 Å². The lowest BCUT2D eigenvalue weighted by Gasteiger charge is -2.19. The average molecular weight is 441 g/mol. The fourth-order valence-electron chi connectivity index (χ4n) is 2.98. The lowest BCUT2D eigenvalue weighted by atomic mass is 10.2. The van der Waals surface area contributed by atoms with Crippen LogP contribution < -0.4 is 10.6 Å². The topological polar surface area (TPSA) is 72.8 Å². The van der Waals surface area contributed by atoms with Crippen LogP contribution in [-0.2, 0) is 19.0 Å². The number of nitrogens with zero attached hydrogens (tertiary/aromatic N) is 1. The average Bonchev–Trinajstić information content (AvgIpc) is 2.78. The van der Waals surface area contributed by atoms with Crippen molar-refractivity contribution >= 4 is 33.6 Å². The van der Waals surface area contributed by atoms with Gasteiger partial charge in [0, 0.05) is 10.6 Å². The molecule has 0 amide bonds. The predicted octanol–water partition coefficient (Wildman–Crippen LogP) is 4.48. The summed E-state index contributed by atoms with van der Waals surface area (Å²) in [5, 5.41) is 5.29. The Bertz CT molecular complexity index is 1120. The van der Waals surface area contributed by atoms with Crippen LogP contribution in [0, 0.1) is 6.92 Å². The SMILES string of the molecule is CC/C(CP(=O)(c1ccccc1)c1ccccc1)=N\OS(=O)(=O)c1ccc(C)cc1. The van der Waals surface area contributed by atoms with Gasteiger partial charge in [0.1, 0.15) is 12.0 Å². The Labute approximate surface area is 177 Å². The van der Waals surface area contributed by atoms with Crippen molar-refractivity contribution < 1.29 is 17.3 Å². The number of aryl methyl sites for hydroxylation is 1. The highest BCUT2D eigenvalue weighted by Crippen LogP contribution is 2.43. The second kappa shape index (κ2) is 9.41. The summed E-state index contributed by atoms with van der Waals surface area (Å²) < 4.78 is 44.0. The third-order valence-electron chi connectivity index (χ3n) is 4.73. The van der Waals surface area contributed by atoms with E-state index in [1.54, 1.807) is 12.1 Å². The summed E-state index contributed by atoms with van der Waals surface area (Å²) in [6, 6.07) is 24.7.